The Morgan fingerprint density at radius 1 is 1.24 bits per heavy atom. The highest BCUT2D eigenvalue weighted by atomic mass is 32.2. The molecular weight excluding hydrogens is 288 g/mol. The molecule has 0 spiro atoms. The number of rotatable bonds is 3. The summed E-state index contributed by atoms with van der Waals surface area (Å²) in [5.41, 5.74) is 0.390. The number of hydrogen-bond donors (Lipinski definition) is 0. The van der Waals surface area contributed by atoms with Crippen LogP contribution in [-0.2, 0) is 11.3 Å². The van der Waals surface area contributed by atoms with Crippen LogP contribution in [0.3, 0.4) is 0 Å². The van der Waals surface area contributed by atoms with E-state index in [-0.39, 0.29) is 24.4 Å². The lowest BCUT2D eigenvalue weighted by Crippen LogP contribution is -2.39. The predicted octanol–water partition coefficient (Wildman–Crippen LogP) is 0.757. The summed E-state index contributed by atoms with van der Waals surface area (Å²) in [5, 5.41) is 8.46. The Morgan fingerprint density at radius 2 is 2.00 bits per heavy atom. The first-order chi connectivity index (χ1) is 10.3. The van der Waals surface area contributed by atoms with Gasteiger partial charge >= 0.3 is 0 Å². The quantitative estimate of drug-likeness (QED) is 0.837. The van der Waals surface area contributed by atoms with E-state index in [2.05, 4.69) is 10.3 Å². The second kappa shape index (κ2) is 6.26. The van der Waals surface area contributed by atoms with Crippen molar-refractivity contribution in [1.82, 2.24) is 19.9 Å². The zero-order chi connectivity index (χ0) is 14.7. The number of carbonyl (C=O) groups excluding carboxylic acids is 1. The fraction of sp³-hybridized carbons (Fsp3) is 0.429. The molecule has 0 saturated carbocycles. The summed E-state index contributed by atoms with van der Waals surface area (Å²) < 4.78 is 1.28. The first-order valence-corrected chi connectivity index (χ1v) is 8.09. The number of fused-ring (bicyclic) bond motifs is 1. The van der Waals surface area contributed by atoms with Crippen molar-refractivity contribution < 1.29 is 4.79 Å². The van der Waals surface area contributed by atoms with Crippen molar-refractivity contribution in [2.24, 2.45) is 0 Å². The van der Waals surface area contributed by atoms with Gasteiger partial charge in [-0.15, -0.1) is 5.10 Å². The Labute approximate surface area is 126 Å². The monoisotopic (exact) mass is 304 g/mol. The highest BCUT2D eigenvalue weighted by Crippen LogP contribution is 2.10. The summed E-state index contributed by atoms with van der Waals surface area (Å²) >= 11 is 1.86. The average molecular weight is 304 g/mol. The lowest BCUT2D eigenvalue weighted by atomic mass is 10.2. The average Bonchev–Trinajstić information content (AvgIpc) is 2.55. The lowest BCUT2D eigenvalue weighted by Gasteiger charge is -2.26. The molecule has 1 fully saturated rings. The number of thioether (sulfide) groups is 1. The first kappa shape index (κ1) is 14.1. The van der Waals surface area contributed by atoms with Crippen LogP contribution in [0.25, 0.3) is 10.9 Å². The number of nitrogens with zero attached hydrogens (tertiary/aromatic N) is 4. The maximum Gasteiger partial charge on any atom is 0.277 e. The van der Waals surface area contributed by atoms with E-state index in [1.807, 2.05) is 22.7 Å². The summed E-state index contributed by atoms with van der Waals surface area (Å²) in [7, 11) is 0. The van der Waals surface area contributed by atoms with Crippen LogP contribution in [0.15, 0.2) is 29.1 Å². The molecule has 1 aliphatic rings. The van der Waals surface area contributed by atoms with Gasteiger partial charge in [0, 0.05) is 31.0 Å². The minimum atomic E-state index is -0.192. The van der Waals surface area contributed by atoms with Gasteiger partial charge in [0.15, 0.2) is 0 Å². The van der Waals surface area contributed by atoms with Crippen molar-refractivity contribution in [3.63, 3.8) is 0 Å². The molecule has 0 aliphatic carbocycles. The van der Waals surface area contributed by atoms with Gasteiger partial charge in [0.1, 0.15) is 5.52 Å². The van der Waals surface area contributed by atoms with Gasteiger partial charge in [0.25, 0.3) is 5.56 Å². The van der Waals surface area contributed by atoms with Gasteiger partial charge in [0.05, 0.1) is 11.9 Å². The van der Waals surface area contributed by atoms with Crippen molar-refractivity contribution in [2.75, 3.05) is 24.6 Å². The number of amides is 1. The van der Waals surface area contributed by atoms with Gasteiger partial charge in [-0.3, -0.25) is 9.59 Å². The number of aryl methyl sites for hydroxylation is 1. The molecule has 6 nitrogen and oxygen atoms in total. The topological polar surface area (TPSA) is 68.1 Å². The van der Waals surface area contributed by atoms with E-state index in [1.165, 1.54) is 4.68 Å². The molecule has 2 aromatic rings. The van der Waals surface area contributed by atoms with E-state index in [1.54, 1.807) is 18.2 Å². The van der Waals surface area contributed by atoms with Crippen molar-refractivity contribution in [1.29, 1.82) is 0 Å². The van der Waals surface area contributed by atoms with E-state index in [9.17, 15) is 9.59 Å². The summed E-state index contributed by atoms with van der Waals surface area (Å²) in [6.07, 6.45) is 0.289. The third-order valence-electron chi connectivity index (χ3n) is 3.53. The zero-order valence-corrected chi connectivity index (χ0v) is 12.4. The minimum absolute atomic E-state index is 0.0807. The molecule has 110 valence electrons. The molecule has 1 aromatic heterocycles. The smallest absolute Gasteiger partial charge is 0.277 e. The second-order valence-corrected chi connectivity index (χ2v) is 6.10. The molecule has 1 aromatic carbocycles. The Kier molecular flexibility index (Phi) is 4.19. The molecule has 1 aliphatic heterocycles. The fourth-order valence-electron chi connectivity index (χ4n) is 2.34. The number of aromatic nitrogens is 3. The van der Waals surface area contributed by atoms with E-state index < -0.39 is 0 Å². The van der Waals surface area contributed by atoms with Gasteiger partial charge < -0.3 is 4.90 Å². The Hall–Kier alpha value is -1.89. The molecule has 3 rings (SSSR count). The molecule has 1 amide bonds. The van der Waals surface area contributed by atoms with Gasteiger partial charge in [0.2, 0.25) is 5.91 Å². The normalized spacial score (nSPS) is 15.3. The largest absolute Gasteiger partial charge is 0.341 e. The van der Waals surface area contributed by atoms with Crippen LogP contribution >= 0.6 is 11.8 Å². The van der Waals surface area contributed by atoms with E-state index in [4.69, 9.17) is 0 Å². The Morgan fingerprint density at radius 3 is 2.81 bits per heavy atom. The van der Waals surface area contributed by atoms with Crippen molar-refractivity contribution in [2.45, 2.75) is 13.0 Å². The third kappa shape index (κ3) is 3.07. The number of benzene rings is 1. The summed E-state index contributed by atoms with van der Waals surface area (Å²) in [5.74, 6) is 2.06. The minimum Gasteiger partial charge on any atom is -0.341 e. The van der Waals surface area contributed by atoms with E-state index in [0.717, 1.165) is 24.6 Å². The number of carbonyl (C=O) groups is 1. The highest BCUT2D eigenvalue weighted by molar-refractivity contribution is 7.99. The Balaban J connectivity index is 1.72. The van der Waals surface area contributed by atoms with Gasteiger partial charge in [-0.25, -0.2) is 4.68 Å². The third-order valence-corrected chi connectivity index (χ3v) is 4.47. The molecule has 7 heteroatoms. The van der Waals surface area contributed by atoms with Crippen molar-refractivity contribution in [3.05, 3.63) is 34.6 Å². The van der Waals surface area contributed by atoms with Crippen molar-refractivity contribution in [3.8, 4) is 0 Å². The zero-order valence-electron chi connectivity index (χ0n) is 11.6. The van der Waals surface area contributed by atoms with Crippen LogP contribution in [0.1, 0.15) is 6.42 Å². The highest BCUT2D eigenvalue weighted by Gasteiger charge is 2.17. The van der Waals surface area contributed by atoms with Gasteiger partial charge in [-0.1, -0.05) is 17.3 Å². The molecule has 21 heavy (non-hydrogen) atoms. The predicted molar refractivity (Wildman–Crippen MR) is 82.3 cm³/mol. The number of hydrogen-bond acceptors (Lipinski definition) is 5. The summed E-state index contributed by atoms with van der Waals surface area (Å²) in [6, 6.07) is 7.10. The lowest BCUT2D eigenvalue weighted by molar-refractivity contribution is -0.131. The van der Waals surface area contributed by atoms with Crippen LogP contribution in [0.2, 0.25) is 0 Å². The maximum atomic E-state index is 12.2. The van der Waals surface area contributed by atoms with E-state index >= 15 is 0 Å². The van der Waals surface area contributed by atoms with Crippen LogP contribution in [0.4, 0.5) is 0 Å². The van der Waals surface area contributed by atoms with Gasteiger partial charge in [-0.2, -0.15) is 11.8 Å². The fourth-order valence-corrected chi connectivity index (χ4v) is 3.25. The summed E-state index contributed by atoms with van der Waals surface area (Å²) in [6.45, 7) is 1.86. The van der Waals surface area contributed by atoms with Crippen LogP contribution in [-0.4, -0.2) is 50.4 Å². The molecule has 0 atom stereocenters. The first-order valence-electron chi connectivity index (χ1n) is 6.94. The molecular formula is C14H16N4O2S. The van der Waals surface area contributed by atoms with Crippen molar-refractivity contribution >= 4 is 28.6 Å². The molecule has 0 radical (unpaired) electrons. The second-order valence-electron chi connectivity index (χ2n) is 4.88. The van der Waals surface area contributed by atoms with Crippen LogP contribution < -0.4 is 5.56 Å². The van der Waals surface area contributed by atoms with E-state index in [0.29, 0.717) is 10.9 Å². The Bertz CT molecular complexity index is 709. The molecule has 0 bridgehead atoms. The standard InChI is InChI=1S/C14H16N4O2S/c19-13(17-7-9-21-10-8-17)5-6-18-14(20)11-3-1-2-4-12(11)15-16-18/h1-4H,5-10H2. The summed E-state index contributed by atoms with van der Waals surface area (Å²) in [4.78, 5) is 26.2. The van der Waals surface area contributed by atoms with Crippen LogP contribution in [0, 0.1) is 0 Å². The maximum absolute atomic E-state index is 12.2. The molecule has 0 unspecified atom stereocenters. The molecule has 1 saturated heterocycles. The van der Waals surface area contributed by atoms with Crippen LogP contribution in [0.5, 0.6) is 0 Å². The molecule has 2 heterocycles. The molecule has 0 N–H and O–H groups in total. The van der Waals surface area contributed by atoms with Gasteiger partial charge in [-0.05, 0) is 12.1 Å². The SMILES string of the molecule is O=C(CCn1nnc2ccccc2c1=O)N1CCSCC1.